The SMILES string of the molecule is COc1ccc2nc(N/N=C\c3ccc(Oc4ccc(Cl)c(C)c4)cc3)sc2c1. The summed E-state index contributed by atoms with van der Waals surface area (Å²) in [5, 5.41) is 5.72. The number of anilines is 1. The van der Waals surface area contributed by atoms with Gasteiger partial charge >= 0.3 is 0 Å². The van der Waals surface area contributed by atoms with Crippen LogP contribution in [0.25, 0.3) is 10.2 Å². The highest BCUT2D eigenvalue weighted by atomic mass is 35.5. The fourth-order valence-electron chi connectivity index (χ4n) is 2.68. The molecule has 0 bridgehead atoms. The topological polar surface area (TPSA) is 55.7 Å². The van der Waals surface area contributed by atoms with Gasteiger partial charge in [-0.05, 0) is 78.7 Å². The first-order valence-electron chi connectivity index (χ1n) is 8.88. The summed E-state index contributed by atoms with van der Waals surface area (Å²) in [4.78, 5) is 4.50. The number of aromatic nitrogens is 1. The van der Waals surface area contributed by atoms with E-state index in [1.807, 2.05) is 67.6 Å². The van der Waals surface area contributed by atoms with Crippen molar-refractivity contribution in [2.75, 3.05) is 12.5 Å². The molecule has 5 nitrogen and oxygen atoms in total. The van der Waals surface area contributed by atoms with Crippen LogP contribution in [-0.4, -0.2) is 18.3 Å². The molecule has 0 spiro atoms. The minimum absolute atomic E-state index is 0.725. The number of methoxy groups -OCH3 is 1. The van der Waals surface area contributed by atoms with Gasteiger partial charge in [-0.1, -0.05) is 22.9 Å². The number of halogens is 1. The summed E-state index contributed by atoms with van der Waals surface area (Å²) in [7, 11) is 1.65. The monoisotopic (exact) mass is 423 g/mol. The molecule has 146 valence electrons. The zero-order valence-corrected chi connectivity index (χ0v) is 17.4. The number of hydrogen-bond donors (Lipinski definition) is 1. The van der Waals surface area contributed by atoms with Gasteiger partial charge in [0.05, 0.1) is 23.5 Å². The largest absolute Gasteiger partial charge is 0.497 e. The van der Waals surface area contributed by atoms with Crippen LogP contribution in [0, 0.1) is 6.92 Å². The number of nitrogens with one attached hydrogen (secondary N) is 1. The molecule has 0 radical (unpaired) electrons. The number of hydrogen-bond acceptors (Lipinski definition) is 6. The van der Waals surface area contributed by atoms with Gasteiger partial charge in [-0.3, -0.25) is 5.43 Å². The number of thiazole rings is 1. The molecular weight excluding hydrogens is 406 g/mol. The molecule has 0 saturated carbocycles. The van der Waals surface area contributed by atoms with Gasteiger partial charge in [0, 0.05) is 5.02 Å². The molecule has 0 atom stereocenters. The van der Waals surface area contributed by atoms with Crippen LogP contribution in [0.4, 0.5) is 5.13 Å². The maximum absolute atomic E-state index is 6.05. The number of benzene rings is 3. The molecule has 4 aromatic rings. The molecule has 0 saturated heterocycles. The lowest BCUT2D eigenvalue weighted by Gasteiger charge is -2.07. The van der Waals surface area contributed by atoms with Crippen molar-refractivity contribution in [3.8, 4) is 17.2 Å². The lowest BCUT2D eigenvalue weighted by atomic mass is 10.2. The van der Waals surface area contributed by atoms with E-state index in [-0.39, 0.29) is 0 Å². The van der Waals surface area contributed by atoms with E-state index < -0.39 is 0 Å². The van der Waals surface area contributed by atoms with E-state index in [9.17, 15) is 0 Å². The van der Waals surface area contributed by atoms with E-state index in [0.717, 1.165) is 48.7 Å². The van der Waals surface area contributed by atoms with E-state index in [1.54, 1.807) is 13.3 Å². The number of nitrogens with zero attached hydrogens (tertiary/aromatic N) is 2. The molecule has 0 fully saturated rings. The minimum atomic E-state index is 0.725. The molecule has 0 unspecified atom stereocenters. The van der Waals surface area contributed by atoms with E-state index in [4.69, 9.17) is 21.1 Å². The van der Waals surface area contributed by atoms with Crippen LogP contribution in [0.1, 0.15) is 11.1 Å². The first-order chi connectivity index (χ1) is 14.1. The van der Waals surface area contributed by atoms with Crippen LogP contribution in [0.15, 0.2) is 65.8 Å². The Morgan fingerprint density at radius 2 is 1.76 bits per heavy atom. The number of fused-ring (bicyclic) bond motifs is 1. The molecule has 0 aliphatic carbocycles. The van der Waals surface area contributed by atoms with Crippen LogP contribution < -0.4 is 14.9 Å². The van der Waals surface area contributed by atoms with E-state index in [2.05, 4.69) is 15.5 Å². The minimum Gasteiger partial charge on any atom is -0.497 e. The van der Waals surface area contributed by atoms with Crippen molar-refractivity contribution in [3.05, 3.63) is 76.8 Å². The second-order valence-electron chi connectivity index (χ2n) is 6.30. The second-order valence-corrected chi connectivity index (χ2v) is 7.74. The third-order valence-corrected chi connectivity index (χ3v) is 5.56. The first kappa shape index (κ1) is 19.2. The van der Waals surface area contributed by atoms with Crippen molar-refractivity contribution in [3.63, 3.8) is 0 Å². The highest BCUT2D eigenvalue weighted by Crippen LogP contribution is 2.29. The van der Waals surface area contributed by atoms with Crippen LogP contribution in [0.2, 0.25) is 5.02 Å². The summed E-state index contributed by atoms with van der Waals surface area (Å²) in [5.74, 6) is 2.31. The summed E-state index contributed by atoms with van der Waals surface area (Å²) < 4.78 is 12.1. The van der Waals surface area contributed by atoms with Gasteiger partial charge in [0.25, 0.3) is 0 Å². The molecule has 1 aromatic heterocycles. The number of hydrazone groups is 1. The molecule has 1 heterocycles. The standard InChI is InChI=1S/C22H18ClN3O2S/c1-14-11-18(7-9-19(14)23)28-16-5-3-15(4-6-16)13-24-26-22-25-20-10-8-17(27-2)12-21(20)29-22/h3-13H,1-2H3,(H,25,26)/b24-13-. The van der Waals surface area contributed by atoms with Gasteiger partial charge in [-0.15, -0.1) is 0 Å². The Kier molecular flexibility index (Phi) is 5.64. The molecule has 0 amide bonds. The van der Waals surface area contributed by atoms with E-state index in [1.165, 1.54) is 11.3 Å². The van der Waals surface area contributed by atoms with Gasteiger partial charge in [0.1, 0.15) is 17.2 Å². The van der Waals surface area contributed by atoms with Gasteiger partial charge in [0.2, 0.25) is 5.13 Å². The Morgan fingerprint density at radius 1 is 1.00 bits per heavy atom. The highest BCUT2D eigenvalue weighted by molar-refractivity contribution is 7.22. The van der Waals surface area contributed by atoms with Crippen LogP contribution in [0.5, 0.6) is 17.2 Å². The maximum Gasteiger partial charge on any atom is 0.204 e. The lowest BCUT2D eigenvalue weighted by molar-refractivity contribution is 0.415. The van der Waals surface area contributed by atoms with Crippen molar-refractivity contribution in [1.82, 2.24) is 4.98 Å². The molecule has 7 heteroatoms. The average molecular weight is 424 g/mol. The Hall–Kier alpha value is -3.09. The third-order valence-electron chi connectivity index (χ3n) is 4.21. The van der Waals surface area contributed by atoms with Gasteiger partial charge in [-0.2, -0.15) is 5.10 Å². The fraction of sp³-hybridized carbons (Fsp3) is 0.0909. The summed E-state index contributed by atoms with van der Waals surface area (Å²) in [6.07, 6.45) is 1.74. The Labute approximate surface area is 177 Å². The molecule has 0 aliphatic rings. The smallest absolute Gasteiger partial charge is 0.204 e. The maximum atomic E-state index is 6.05. The zero-order valence-electron chi connectivity index (χ0n) is 15.8. The fourth-order valence-corrected chi connectivity index (χ4v) is 3.64. The molecule has 1 N–H and O–H groups in total. The summed E-state index contributed by atoms with van der Waals surface area (Å²) in [6, 6.07) is 19.0. The zero-order chi connectivity index (χ0) is 20.2. The number of rotatable bonds is 6. The molecular formula is C22H18ClN3O2S. The summed E-state index contributed by atoms with van der Waals surface area (Å²) >= 11 is 7.57. The van der Waals surface area contributed by atoms with Gasteiger partial charge in [-0.25, -0.2) is 4.98 Å². The third kappa shape index (κ3) is 4.67. The van der Waals surface area contributed by atoms with Crippen molar-refractivity contribution < 1.29 is 9.47 Å². The summed E-state index contributed by atoms with van der Waals surface area (Å²) in [5.41, 5.74) is 5.81. The number of ether oxygens (including phenoxy) is 2. The predicted molar refractivity (Wildman–Crippen MR) is 120 cm³/mol. The van der Waals surface area contributed by atoms with Crippen molar-refractivity contribution >= 4 is 44.5 Å². The normalized spacial score (nSPS) is 11.1. The van der Waals surface area contributed by atoms with Crippen molar-refractivity contribution in [2.24, 2.45) is 5.10 Å². The summed E-state index contributed by atoms with van der Waals surface area (Å²) in [6.45, 7) is 1.95. The average Bonchev–Trinajstić information content (AvgIpc) is 3.14. The highest BCUT2D eigenvalue weighted by Gasteiger charge is 2.04. The number of aryl methyl sites for hydroxylation is 1. The molecule has 0 aliphatic heterocycles. The van der Waals surface area contributed by atoms with E-state index in [0.29, 0.717) is 0 Å². The quantitative estimate of drug-likeness (QED) is 0.284. The Balaban J connectivity index is 1.39. The van der Waals surface area contributed by atoms with Crippen LogP contribution in [0.3, 0.4) is 0 Å². The second kappa shape index (κ2) is 8.51. The Morgan fingerprint density at radius 3 is 2.52 bits per heavy atom. The van der Waals surface area contributed by atoms with Crippen LogP contribution in [-0.2, 0) is 0 Å². The Bertz CT molecular complexity index is 1170. The van der Waals surface area contributed by atoms with Crippen molar-refractivity contribution in [1.29, 1.82) is 0 Å². The first-order valence-corrected chi connectivity index (χ1v) is 10.1. The predicted octanol–water partition coefficient (Wildman–Crippen LogP) is 6.51. The van der Waals surface area contributed by atoms with Crippen LogP contribution >= 0.6 is 22.9 Å². The van der Waals surface area contributed by atoms with Gasteiger partial charge < -0.3 is 9.47 Å². The molecule has 29 heavy (non-hydrogen) atoms. The van der Waals surface area contributed by atoms with Gasteiger partial charge in [0.15, 0.2) is 0 Å². The molecule has 3 aromatic carbocycles. The lowest BCUT2D eigenvalue weighted by Crippen LogP contribution is -1.90. The molecule has 4 rings (SSSR count). The van der Waals surface area contributed by atoms with Crippen molar-refractivity contribution in [2.45, 2.75) is 6.92 Å². The van der Waals surface area contributed by atoms with E-state index >= 15 is 0 Å².